The van der Waals surface area contributed by atoms with Gasteiger partial charge in [-0.3, -0.25) is 0 Å². The molecule has 0 spiro atoms. The van der Waals surface area contributed by atoms with Gasteiger partial charge in [-0.05, 0) is 12.5 Å². The average Bonchev–Trinajstić information content (AvgIpc) is 2.06. The Hall–Kier alpha value is -0.572. The van der Waals surface area contributed by atoms with Gasteiger partial charge in [0.15, 0.2) is 0 Å². The standard InChI is InChI=1S/C10H10O.Pt/c1-3-10(2,11)9-7-5-4-6-8-9;/h1,4-8,11H,2H3;. The van der Waals surface area contributed by atoms with Crippen LogP contribution in [0.15, 0.2) is 30.3 Å². The smallest absolute Gasteiger partial charge is 0.147 e. The molecule has 0 fully saturated rings. The number of hydrogen-bond donors (Lipinski definition) is 1. The molecule has 1 rings (SSSR count). The summed E-state index contributed by atoms with van der Waals surface area (Å²) in [4.78, 5) is 0. The topological polar surface area (TPSA) is 20.2 Å². The van der Waals surface area contributed by atoms with Crippen LogP contribution < -0.4 is 0 Å². The molecule has 0 saturated carbocycles. The first-order valence-corrected chi connectivity index (χ1v) is 3.42. The maximum atomic E-state index is 9.56. The van der Waals surface area contributed by atoms with E-state index in [1.165, 1.54) is 0 Å². The maximum Gasteiger partial charge on any atom is 0.147 e. The Morgan fingerprint density at radius 2 is 1.83 bits per heavy atom. The van der Waals surface area contributed by atoms with Crippen LogP contribution in [0.2, 0.25) is 0 Å². The Labute approximate surface area is 87.1 Å². The summed E-state index contributed by atoms with van der Waals surface area (Å²) in [6.07, 6.45) is 5.14. The van der Waals surface area contributed by atoms with E-state index in [1.807, 2.05) is 18.2 Å². The fourth-order valence-electron chi connectivity index (χ4n) is 0.846. The van der Waals surface area contributed by atoms with E-state index in [-0.39, 0.29) is 21.1 Å². The fraction of sp³-hybridized carbons (Fsp3) is 0.200. The molecule has 0 radical (unpaired) electrons. The van der Waals surface area contributed by atoms with Gasteiger partial charge >= 0.3 is 0 Å². The molecule has 0 aliphatic carbocycles. The second-order valence-electron chi connectivity index (χ2n) is 2.58. The molecule has 12 heavy (non-hydrogen) atoms. The summed E-state index contributed by atoms with van der Waals surface area (Å²) in [5, 5.41) is 9.56. The average molecular weight is 341 g/mol. The van der Waals surface area contributed by atoms with E-state index in [0.29, 0.717) is 0 Å². The van der Waals surface area contributed by atoms with Crippen LogP contribution in [-0.4, -0.2) is 5.11 Å². The monoisotopic (exact) mass is 341 g/mol. The summed E-state index contributed by atoms with van der Waals surface area (Å²) in [6, 6.07) is 9.19. The Morgan fingerprint density at radius 1 is 1.33 bits per heavy atom. The predicted octanol–water partition coefficient (Wildman–Crippen LogP) is 1.52. The van der Waals surface area contributed by atoms with Crippen LogP contribution in [0.1, 0.15) is 12.5 Å². The number of rotatable bonds is 1. The molecule has 1 aromatic rings. The minimum Gasteiger partial charge on any atom is -0.374 e. The first-order chi connectivity index (χ1) is 5.17. The molecule has 1 N–H and O–H groups in total. The summed E-state index contributed by atoms with van der Waals surface area (Å²) in [6.45, 7) is 1.60. The van der Waals surface area contributed by atoms with Gasteiger partial charge in [-0.2, -0.15) is 0 Å². The second kappa shape index (κ2) is 4.45. The zero-order chi connectivity index (χ0) is 8.32. The zero-order valence-corrected chi connectivity index (χ0v) is 9.00. The normalized spacial score (nSPS) is 13.8. The third-order valence-electron chi connectivity index (χ3n) is 1.62. The van der Waals surface area contributed by atoms with Gasteiger partial charge in [0, 0.05) is 21.1 Å². The van der Waals surface area contributed by atoms with Crippen molar-refractivity contribution in [1.82, 2.24) is 0 Å². The minimum absolute atomic E-state index is 0. The molecule has 66 valence electrons. The van der Waals surface area contributed by atoms with E-state index in [0.717, 1.165) is 5.56 Å². The van der Waals surface area contributed by atoms with Crippen LogP contribution in [-0.2, 0) is 26.7 Å². The van der Waals surface area contributed by atoms with Crippen LogP contribution >= 0.6 is 0 Å². The van der Waals surface area contributed by atoms with Crippen molar-refractivity contribution < 1.29 is 26.2 Å². The van der Waals surface area contributed by atoms with Gasteiger partial charge in [0.25, 0.3) is 0 Å². The number of benzene rings is 1. The van der Waals surface area contributed by atoms with Gasteiger partial charge in [-0.25, -0.2) is 0 Å². The van der Waals surface area contributed by atoms with Gasteiger partial charge in [0.1, 0.15) is 5.60 Å². The molecular formula is C10H10OPt. The number of hydrogen-bond acceptors (Lipinski definition) is 1. The minimum atomic E-state index is -1.14. The van der Waals surface area contributed by atoms with Gasteiger partial charge in [0.05, 0.1) is 0 Å². The quantitative estimate of drug-likeness (QED) is 0.768. The largest absolute Gasteiger partial charge is 0.374 e. The van der Waals surface area contributed by atoms with Crippen LogP contribution in [0.4, 0.5) is 0 Å². The van der Waals surface area contributed by atoms with Crippen molar-refractivity contribution in [2.45, 2.75) is 12.5 Å². The third-order valence-corrected chi connectivity index (χ3v) is 1.62. The number of terminal acetylenes is 1. The molecule has 1 unspecified atom stereocenters. The van der Waals surface area contributed by atoms with Crippen molar-refractivity contribution in [2.24, 2.45) is 0 Å². The van der Waals surface area contributed by atoms with Crippen molar-refractivity contribution in [3.05, 3.63) is 35.9 Å². The molecule has 0 saturated heterocycles. The van der Waals surface area contributed by atoms with Crippen molar-refractivity contribution in [2.75, 3.05) is 0 Å². The van der Waals surface area contributed by atoms with Crippen LogP contribution in [0.25, 0.3) is 0 Å². The first-order valence-electron chi connectivity index (χ1n) is 3.42. The summed E-state index contributed by atoms with van der Waals surface area (Å²) in [5.41, 5.74) is -0.385. The number of aliphatic hydroxyl groups is 1. The Bertz CT molecular complexity index is 272. The Kier molecular flexibility index (Phi) is 4.24. The molecule has 0 bridgehead atoms. The molecular weight excluding hydrogens is 331 g/mol. The van der Waals surface area contributed by atoms with E-state index in [2.05, 4.69) is 5.92 Å². The molecule has 0 heterocycles. The van der Waals surface area contributed by atoms with Gasteiger partial charge in [0.2, 0.25) is 0 Å². The van der Waals surface area contributed by atoms with E-state index >= 15 is 0 Å². The summed E-state index contributed by atoms with van der Waals surface area (Å²) in [7, 11) is 0. The van der Waals surface area contributed by atoms with Gasteiger partial charge < -0.3 is 5.11 Å². The van der Waals surface area contributed by atoms with Gasteiger partial charge in [-0.15, -0.1) is 6.42 Å². The molecule has 0 aromatic heterocycles. The maximum absolute atomic E-state index is 9.56. The van der Waals surface area contributed by atoms with Crippen molar-refractivity contribution in [3.63, 3.8) is 0 Å². The Morgan fingerprint density at radius 3 is 2.25 bits per heavy atom. The third kappa shape index (κ3) is 2.48. The van der Waals surface area contributed by atoms with Crippen LogP contribution in [0, 0.1) is 12.3 Å². The fourth-order valence-corrected chi connectivity index (χ4v) is 0.846. The predicted molar refractivity (Wildman–Crippen MR) is 44.8 cm³/mol. The second-order valence-corrected chi connectivity index (χ2v) is 2.58. The molecule has 2 heteroatoms. The summed E-state index contributed by atoms with van der Waals surface area (Å²) >= 11 is 0. The van der Waals surface area contributed by atoms with E-state index in [1.54, 1.807) is 19.1 Å². The molecule has 0 aliphatic heterocycles. The first kappa shape index (κ1) is 11.4. The van der Waals surface area contributed by atoms with E-state index in [9.17, 15) is 5.11 Å². The van der Waals surface area contributed by atoms with Crippen molar-refractivity contribution in [1.29, 1.82) is 0 Å². The van der Waals surface area contributed by atoms with Crippen LogP contribution in [0.3, 0.4) is 0 Å². The zero-order valence-electron chi connectivity index (χ0n) is 6.73. The van der Waals surface area contributed by atoms with Crippen molar-refractivity contribution in [3.8, 4) is 12.3 Å². The van der Waals surface area contributed by atoms with Crippen molar-refractivity contribution >= 4 is 0 Å². The summed E-state index contributed by atoms with van der Waals surface area (Å²) < 4.78 is 0. The Balaban J connectivity index is 0.00000121. The van der Waals surface area contributed by atoms with Gasteiger partial charge in [-0.1, -0.05) is 36.3 Å². The molecule has 0 amide bonds. The molecule has 1 atom stereocenters. The molecule has 1 aromatic carbocycles. The molecule has 1 nitrogen and oxygen atoms in total. The van der Waals surface area contributed by atoms with E-state index in [4.69, 9.17) is 6.42 Å². The SMILES string of the molecule is C#CC(C)(O)c1ccccc1.[Pt]. The van der Waals surface area contributed by atoms with E-state index < -0.39 is 5.60 Å². The summed E-state index contributed by atoms with van der Waals surface area (Å²) in [5.74, 6) is 2.31. The molecule has 0 aliphatic rings. The van der Waals surface area contributed by atoms with Crippen LogP contribution in [0.5, 0.6) is 0 Å².